The van der Waals surface area contributed by atoms with Gasteiger partial charge in [-0.2, -0.15) is 0 Å². The van der Waals surface area contributed by atoms with Gasteiger partial charge in [-0.05, 0) is 61.5 Å². The summed E-state index contributed by atoms with van der Waals surface area (Å²) >= 11 is 5.56. The van der Waals surface area contributed by atoms with Crippen molar-refractivity contribution in [1.82, 2.24) is 14.5 Å². The van der Waals surface area contributed by atoms with Crippen molar-refractivity contribution >= 4 is 62.5 Å². The summed E-state index contributed by atoms with van der Waals surface area (Å²) in [5.41, 5.74) is 1.46. The standard InChI is InChI=1S/C34H26BrN5O7S2/c1-4-47-32(43)28-29(20-8-6-5-7-9-20)38-34-39(30(28)22-17-21(35)11-12-24(22)46-3)31(42)26(49-34)16-19-10-13-25(23(15-19)40(44)45)48-33-36-18(2)14-27(41)37-33/h5-17,30H,4H2,1-3H3,(H,36,37,41)/b26-16-/t30-/m0/s1. The average Bonchev–Trinajstić information content (AvgIpc) is 3.38. The van der Waals surface area contributed by atoms with E-state index in [4.69, 9.17) is 14.5 Å². The number of esters is 1. The molecule has 0 unspecified atom stereocenters. The van der Waals surface area contributed by atoms with Gasteiger partial charge < -0.3 is 14.5 Å². The first-order valence-electron chi connectivity index (χ1n) is 14.7. The zero-order valence-electron chi connectivity index (χ0n) is 26.1. The van der Waals surface area contributed by atoms with E-state index in [9.17, 15) is 24.5 Å². The number of rotatable bonds is 9. The maximum Gasteiger partial charge on any atom is 0.338 e. The molecule has 3 aromatic carbocycles. The van der Waals surface area contributed by atoms with Crippen LogP contribution in [0.5, 0.6) is 5.75 Å². The van der Waals surface area contributed by atoms with Crippen LogP contribution in [0, 0.1) is 17.0 Å². The monoisotopic (exact) mass is 759 g/mol. The zero-order valence-corrected chi connectivity index (χ0v) is 29.4. The molecule has 0 bridgehead atoms. The molecule has 0 saturated carbocycles. The summed E-state index contributed by atoms with van der Waals surface area (Å²) < 4.78 is 13.6. The van der Waals surface area contributed by atoms with Crippen LogP contribution >= 0.6 is 39.0 Å². The number of aryl methyl sites for hydroxylation is 1. The summed E-state index contributed by atoms with van der Waals surface area (Å²) in [6, 6.07) is 19.3. The largest absolute Gasteiger partial charge is 0.496 e. The maximum atomic E-state index is 14.3. The third-order valence-corrected chi connectivity index (χ3v) is 9.82. The quantitative estimate of drug-likeness (QED) is 0.0928. The molecule has 0 radical (unpaired) electrons. The Morgan fingerprint density at radius 2 is 1.92 bits per heavy atom. The Hall–Kier alpha value is -5.12. The van der Waals surface area contributed by atoms with E-state index in [0.29, 0.717) is 43.1 Å². The van der Waals surface area contributed by atoms with Gasteiger partial charge in [0.1, 0.15) is 11.8 Å². The molecule has 1 aliphatic heterocycles. The number of carbonyl (C=O) groups excluding carboxylic acids is 1. The molecule has 6 rings (SSSR count). The minimum Gasteiger partial charge on any atom is -0.496 e. The number of ether oxygens (including phenoxy) is 2. The normalized spacial score (nSPS) is 14.3. The lowest BCUT2D eigenvalue weighted by atomic mass is 9.92. The molecule has 248 valence electrons. The number of methoxy groups -OCH3 is 1. The highest BCUT2D eigenvalue weighted by atomic mass is 79.9. The van der Waals surface area contributed by atoms with E-state index in [2.05, 4.69) is 25.9 Å². The number of hydrogen-bond donors (Lipinski definition) is 1. The fraction of sp³-hybridized carbons (Fsp3) is 0.147. The van der Waals surface area contributed by atoms with E-state index in [1.54, 1.807) is 44.2 Å². The lowest BCUT2D eigenvalue weighted by molar-refractivity contribution is -0.387. The number of hydrogen-bond acceptors (Lipinski definition) is 11. The number of fused-ring (bicyclic) bond motifs is 1. The lowest BCUT2D eigenvalue weighted by Crippen LogP contribution is -2.40. The van der Waals surface area contributed by atoms with E-state index in [1.165, 1.54) is 29.9 Å². The van der Waals surface area contributed by atoms with Gasteiger partial charge in [0, 0.05) is 33.4 Å². The number of H-pyrrole nitrogens is 1. The minimum absolute atomic E-state index is 0.0975. The molecule has 0 saturated heterocycles. The third-order valence-electron chi connectivity index (χ3n) is 7.39. The molecule has 1 atom stereocenters. The lowest BCUT2D eigenvalue weighted by Gasteiger charge is -2.27. The molecule has 2 aromatic heterocycles. The molecule has 1 N–H and O–H groups in total. The van der Waals surface area contributed by atoms with Crippen LogP contribution in [-0.4, -0.2) is 39.1 Å². The van der Waals surface area contributed by atoms with Crippen LogP contribution in [-0.2, 0) is 9.53 Å². The van der Waals surface area contributed by atoms with Crippen LogP contribution in [0.2, 0.25) is 0 Å². The molecule has 1 aliphatic rings. The maximum absolute atomic E-state index is 14.3. The number of nitro benzene ring substituents is 1. The first-order valence-corrected chi connectivity index (χ1v) is 17.2. The molecule has 5 aromatic rings. The van der Waals surface area contributed by atoms with Gasteiger partial charge in [0.25, 0.3) is 16.8 Å². The second-order valence-electron chi connectivity index (χ2n) is 10.6. The molecular formula is C34H26BrN5O7S2. The molecule has 0 spiro atoms. The fourth-order valence-electron chi connectivity index (χ4n) is 5.36. The van der Waals surface area contributed by atoms with Crippen LogP contribution in [0.3, 0.4) is 0 Å². The smallest absolute Gasteiger partial charge is 0.338 e. The van der Waals surface area contributed by atoms with Crippen molar-refractivity contribution in [3.05, 3.63) is 145 Å². The number of aromatic nitrogens is 3. The van der Waals surface area contributed by atoms with Gasteiger partial charge in [0.2, 0.25) is 0 Å². The second kappa shape index (κ2) is 14.2. The first kappa shape index (κ1) is 33.8. The molecule has 49 heavy (non-hydrogen) atoms. The minimum atomic E-state index is -0.989. The summed E-state index contributed by atoms with van der Waals surface area (Å²) in [5.74, 6) is -0.202. The van der Waals surface area contributed by atoms with E-state index < -0.39 is 22.5 Å². The fourth-order valence-corrected chi connectivity index (χ4v) is 7.67. The van der Waals surface area contributed by atoms with Crippen molar-refractivity contribution in [2.75, 3.05) is 13.7 Å². The Morgan fingerprint density at radius 3 is 2.61 bits per heavy atom. The van der Waals surface area contributed by atoms with Gasteiger partial charge in [-0.3, -0.25) is 24.3 Å². The van der Waals surface area contributed by atoms with Gasteiger partial charge in [0.05, 0.1) is 39.3 Å². The first-order chi connectivity index (χ1) is 23.6. The highest BCUT2D eigenvalue weighted by Gasteiger charge is 2.37. The number of nitro groups is 1. The van der Waals surface area contributed by atoms with Crippen LogP contribution in [0.25, 0.3) is 11.8 Å². The second-order valence-corrected chi connectivity index (χ2v) is 13.6. The zero-order chi connectivity index (χ0) is 34.8. The molecule has 3 heterocycles. The van der Waals surface area contributed by atoms with Gasteiger partial charge in [0.15, 0.2) is 9.96 Å². The van der Waals surface area contributed by atoms with Crippen molar-refractivity contribution < 1.29 is 19.2 Å². The number of nitrogens with zero attached hydrogens (tertiary/aromatic N) is 4. The van der Waals surface area contributed by atoms with Gasteiger partial charge in [-0.1, -0.05) is 63.7 Å². The number of thiazole rings is 1. The van der Waals surface area contributed by atoms with Gasteiger partial charge in [-0.15, -0.1) is 0 Å². The predicted molar refractivity (Wildman–Crippen MR) is 189 cm³/mol. The summed E-state index contributed by atoms with van der Waals surface area (Å²) in [5, 5.41) is 12.3. The Labute approximate surface area is 294 Å². The predicted octanol–water partition coefficient (Wildman–Crippen LogP) is 5.16. The number of halogens is 1. The van der Waals surface area contributed by atoms with Crippen LogP contribution in [0.4, 0.5) is 5.69 Å². The Bertz CT molecular complexity index is 2400. The number of nitrogens with one attached hydrogen (secondary N) is 1. The summed E-state index contributed by atoms with van der Waals surface area (Å²) in [6.45, 7) is 3.45. The topological polar surface area (TPSA) is 159 Å². The molecule has 12 nitrogen and oxygen atoms in total. The SMILES string of the molecule is CCOC(=O)C1=C(c2ccccc2)N=c2s/c(=C\c3ccc(Sc4nc(C)cc(=O)[nH]4)c([N+](=O)[O-])c3)c(=O)n2[C@H]1c1cc(Br)ccc1OC. The molecule has 0 aliphatic carbocycles. The number of aromatic amines is 1. The Kier molecular flexibility index (Phi) is 9.76. The molecular weight excluding hydrogens is 734 g/mol. The third kappa shape index (κ3) is 6.90. The van der Waals surface area contributed by atoms with E-state index in [0.717, 1.165) is 23.1 Å². The Morgan fingerprint density at radius 1 is 1.14 bits per heavy atom. The van der Waals surface area contributed by atoms with Crippen molar-refractivity contribution in [3.63, 3.8) is 0 Å². The molecule has 0 amide bonds. The van der Waals surface area contributed by atoms with Gasteiger partial charge >= 0.3 is 5.97 Å². The molecule has 0 fully saturated rings. The van der Waals surface area contributed by atoms with E-state index in [1.807, 2.05) is 30.3 Å². The molecule has 15 heteroatoms. The summed E-state index contributed by atoms with van der Waals surface area (Å²) in [4.78, 5) is 63.8. The van der Waals surface area contributed by atoms with Crippen molar-refractivity contribution in [2.45, 2.75) is 29.9 Å². The number of carbonyl (C=O) groups is 1. The van der Waals surface area contributed by atoms with Crippen LogP contribution in [0.1, 0.15) is 35.3 Å². The van der Waals surface area contributed by atoms with Crippen LogP contribution in [0.15, 0.2) is 107 Å². The van der Waals surface area contributed by atoms with Crippen LogP contribution < -0.4 is 25.2 Å². The Balaban J connectivity index is 1.56. The number of benzene rings is 3. The highest BCUT2D eigenvalue weighted by Crippen LogP contribution is 2.40. The van der Waals surface area contributed by atoms with Crippen molar-refractivity contribution in [3.8, 4) is 5.75 Å². The highest BCUT2D eigenvalue weighted by molar-refractivity contribution is 9.10. The van der Waals surface area contributed by atoms with Crippen molar-refractivity contribution in [2.24, 2.45) is 4.99 Å². The average molecular weight is 761 g/mol. The summed E-state index contributed by atoms with van der Waals surface area (Å²) in [7, 11) is 1.50. The van der Waals surface area contributed by atoms with E-state index in [-0.39, 0.29) is 38.0 Å². The summed E-state index contributed by atoms with van der Waals surface area (Å²) in [6.07, 6.45) is 1.55. The van der Waals surface area contributed by atoms with Crippen molar-refractivity contribution in [1.29, 1.82) is 0 Å². The van der Waals surface area contributed by atoms with Gasteiger partial charge in [-0.25, -0.2) is 14.8 Å². The van der Waals surface area contributed by atoms with E-state index >= 15 is 0 Å².